The molecule has 0 radical (unpaired) electrons. The molecular formula is C38H43N5O4S. The molecule has 9 nitrogen and oxygen atoms in total. The Kier molecular flexibility index (Phi) is 10.9. The third-order valence-corrected chi connectivity index (χ3v) is 10.0. The number of hydrogen-bond donors (Lipinski definition) is 5. The Balaban J connectivity index is 1.73. The van der Waals surface area contributed by atoms with Crippen LogP contribution in [0.15, 0.2) is 37.4 Å². The summed E-state index contributed by atoms with van der Waals surface area (Å²) < 4.78 is 0. The zero-order valence-corrected chi connectivity index (χ0v) is 28.9. The highest BCUT2D eigenvalue weighted by atomic mass is 32.2. The number of aromatic amines is 2. The summed E-state index contributed by atoms with van der Waals surface area (Å²) in [6.07, 6.45) is 4.75. The number of carbonyl (C=O) groups excluding carboxylic acids is 1. The van der Waals surface area contributed by atoms with E-state index in [4.69, 9.17) is 15.1 Å². The Labute approximate surface area is 285 Å². The highest BCUT2D eigenvalue weighted by Crippen LogP contribution is 2.38. The molecule has 2 aliphatic rings. The number of nitrogens with one attached hydrogen (secondary N) is 3. The SMILES string of the molecule is C=Cc1c(C)c2cc3[nH]c(cc4nc(cc5nc(cc1[nH]2)C(C)=C5CCC(=O)O)C(CCC(=O)NCCSCCO)=C4C)c(C)c3C=C. The Hall–Kier alpha value is -4.67. The molecule has 5 heterocycles. The molecule has 0 aliphatic carbocycles. The first-order valence-corrected chi connectivity index (χ1v) is 17.3. The number of allylic oxidation sites excluding steroid dienone is 4. The van der Waals surface area contributed by atoms with E-state index in [1.807, 2.05) is 44.2 Å². The number of aliphatic hydroxyl groups is 1. The molecule has 1 amide bonds. The molecule has 0 saturated heterocycles. The second kappa shape index (κ2) is 15.0. The van der Waals surface area contributed by atoms with Crippen molar-refractivity contribution in [2.24, 2.45) is 0 Å². The molecule has 0 unspecified atom stereocenters. The summed E-state index contributed by atoms with van der Waals surface area (Å²) in [4.78, 5) is 41.8. The predicted octanol–water partition coefficient (Wildman–Crippen LogP) is 7.57. The molecule has 10 heteroatoms. The second-order valence-electron chi connectivity index (χ2n) is 12.0. The van der Waals surface area contributed by atoms with Gasteiger partial charge in [0.2, 0.25) is 5.91 Å². The van der Waals surface area contributed by atoms with Crippen LogP contribution in [-0.2, 0) is 9.59 Å². The van der Waals surface area contributed by atoms with Crippen LogP contribution in [0.4, 0.5) is 0 Å². The molecule has 250 valence electrons. The van der Waals surface area contributed by atoms with Gasteiger partial charge in [0.1, 0.15) is 0 Å². The molecule has 0 aromatic carbocycles. The molecule has 0 fully saturated rings. The second-order valence-corrected chi connectivity index (χ2v) is 13.2. The Morgan fingerprint density at radius 1 is 0.771 bits per heavy atom. The zero-order chi connectivity index (χ0) is 34.5. The number of aromatic nitrogens is 4. The van der Waals surface area contributed by atoms with Gasteiger partial charge in [-0.15, -0.1) is 0 Å². The molecule has 8 bridgehead atoms. The number of H-pyrrole nitrogens is 2. The van der Waals surface area contributed by atoms with Crippen molar-refractivity contribution in [3.05, 3.63) is 82.5 Å². The summed E-state index contributed by atoms with van der Waals surface area (Å²) in [7, 11) is 0. The molecule has 3 aromatic rings. The minimum absolute atomic E-state index is 0.0264. The number of carboxylic acid groups (broad SMARTS) is 1. The van der Waals surface area contributed by atoms with Crippen molar-refractivity contribution in [3.8, 4) is 0 Å². The van der Waals surface area contributed by atoms with Gasteiger partial charge in [-0.2, -0.15) is 11.8 Å². The standard InChI is InChI=1S/C38H43N5O4S/c1-7-25-21(3)29-17-30-23(5)27(9-11-37(45)39-13-15-48-16-14-44)35(42-30)20-36-28(10-12-38(46)47)24(6)32(43-36)19-34-26(8-2)22(4)31(41-34)18-33(25)40-29/h7-8,17-20,40-41,44H,1-2,9-16H2,3-6H3,(H,39,45)(H,46,47). The number of thioether (sulfide) groups is 1. The number of aliphatic hydroxyl groups excluding tert-OH is 1. The minimum atomic E-state index is -0.875. The maximum atomic E-state index is 12.8. The van der Waals surface area contributed by atoms with E-state index < -0.39 is 5.97 Å². The Bertz CT molecular complexity index is 2030. The van der Waals surface area contributed by atoms with Crippen LogP contribution >= 0.6 is 11.8 Å². The maximum absolute atomic E-state index is 12.8. The first-order valence-electron chi connectivity index (χ1n) is 16.1. The largest absolute Gasteiger partial charge is 0.481 e. The van der Waals surface area contributed by atoms with Gasteiger partial charge in [-0.3, -0.25) is 9.59 Å². The van der Waals surface area contributed by atoms with E-state index in [-0.39, 0.29) is 25.4 Å². The fourth-order valence-electron chi connectivity index (χ4n) is 6.29. The third-order valence-electron chi connectivity index (χ3n) is 9.04. The van der Waals surface area contributed by atoms with Gasteiger partial charge < -0.3 is 25.5 Å². The van der Waals surface area contributed by atoms with Crippen molar-refractivity contribution < 1.29 is 19.8 Å². The Morgan fingerprint density at radius 2 is 1.29 bits per heavy atom. The number of rotatable bonds is 13. The van der Waals surface area contributed by atoms with Gasteiger partial charge in [-0.25, -0.2) is 9.97 Å². The van der Waals surface area contributed by atoms with E-state index >= 15 is 0 Å². The van der Waals surface area contributed by atoms with E-state index in [1.165, 1.54) is 0 Å². The van der Waals surface area contributed by atoms with Crippen molar-refractivity contribution >= 4 is 80.1 Å². The first-order chi connectivity index (χ1) is 23.1. The summed E-state index contributed by atoms with van der Waals surface area (Å²) in [6.45, 7) is 16.9. The summed E-state index contributed by atoms with van der Waals surface area (Å²) in [5, 5.41) is 21.5. The molecule has 3 aromatic heterocycles. The lowest BCUT2D eigenvalue weighted by atomic mass is 9.98. The van der Waals surface area contributed by atoms with Gasteiger partial charge in [-0.1, -0.05) is 25.3 Å². The molecule has 5 rings (SSSR count). The minimum Gasteiger partial charge on any atom is -0.481 e. The van der Waals surface area contributed by atoms with Gasteiger partial charge in [0, 0.05) is 64.1 Å². The van der Waals surface area contributed by atoms with Crippen molar-refractivity contribution in [1.29, 1.82) is 0 Å². The van der Waals surface area contributed by atoms with Gasteiger partial charge in [-0.05, 0) is 98.2 Å². The van der Waals surface area contributed by atoms with E-state index in [0.717, 1.165) is 83.8 Å². The van der Waals surface area contributed by atoms with E-state index in [9.17, 15) is 14.7 Å². The van der Waals surface area contributed by atoms with Crippen LogP contribution in [0.2, 0.25) is 0 Å². The Morgan fingerprint density at radius 3 is 1.83 bits per heavy atom. The van der Waals surface area contributed by atoms with Crippen LogP contribution in [0, 0.1) is 13.8 Å². The third kappa shape index (κ3) is 7.24. The summed E-state index contributed by atoms with van der Waals surface area (Å²) in [5.41, 5.74) is 14.3. The molecular weight excluding hydrogens is 623 g/mol. The van der Waals surface area contributed by atoms with Crippen LogP contribution < -0.4 is 5.32 Å². The van der Waals surface area contributed by atoms with Crippen molar-refractivity contribution in [3.63, 3.8) is 0 Å². The van der Waals surface area contributed by atoms with Gasteiger partial charge in [0.05, 0.1) is 29.4 Å². The maximum Gasteiger partial charge on any atom is 0.303 e. The normalized spacial score (nSPS) is 12.9. The lowest BCUT2D eigenvalue weighted by molar-refractivity contribution is -0.136. The molecule has 2 aliphatic heterocycles. The number of hydrogen-bond acceptors (Lipinski definition) is 6. The summed E-state index contributed by atoms with van der Waals surface area (Å²) in [5.74, 6) is 0.456. The van der Waals surface area contributed by atoms with E-state index in [1.54, 1.807) is 11.8 Å². The lowest BCUT2D eigenvalue weighted by Gasteiger charge is -2.07. The van der Waals surface area contributed by atoms with Crippen LogP contribution in [0.1, 0.15) is 84.6 Å². The fraction of sp³-hybridized carbons (Fsp3) is 0.316. The first kappa shape index (κ1) is 34.7. The highest BCUT2D eigenvalue weighted by molar-refractivity contribution is 7.99. The van der Waals surface area contributed by atoms with Gasteiger partial charge in [0.25, 0.3) is 0 Å². The quantitative estimate of drug-likeness (QED) is 0.119. The molecule has 0 saturated carbocycles. The number of aliphatic carboxylic acids is 1. The number of amides is 1. The van der Waals surface area contributed by atoms with Gasteiger partial charge in [0.15, 0.2) is 0 Å². The topological polar surface area (TPSA) is 144 Å². The van der Waals surface area contributed by atoms with Gasteiger partial charge >= 0.3 is 5.97 Å². The fourth-order valence-corrected chi connectivity index (χ4v) is 6.87. The average Bonchev–Trinajstić information content (AvgIpc) is 3.71. The predicted molar refractivity (Wildman–Crippen MR) is 199 cm³/mol. The number of carbonyl (C=O) groups is 2. The van der Waals surface area contributed by atoms with Crippen LogP contribution in [0.25, 0.3) is 56.5 Å². The molecule has 48 heavy (non-hydrogen) atoms. The summed E-state index contributed by atoms with van der Waals surface area (Å²) in [6, 6.07) is 8.05. The molecule has 0 spiro atoms. The average molecular weight is 666 g/mol. The lowest BCUT2D eigenvalue weighted by Crippen LogP contribution is -2.25. The van der Waals surface area contributed by atoms with E-state index in [2.05, 4.69) is 48.4 Å². The van der Waals surface area contributed by atoms with Crippen LogP contribution in [0.3, 0.4) is 0 Å². The highest BCUT2D eigenvalue weighted by Gasteiger charge is 2.23. The molecule has 5 N–H and O–H groups in total. The summed E-state index contributed by atoms with van der Waals surface area (Å²) >= 11 is 1.59. The monoisotopic (exact) mass is 665 g/mol. The van der Waals surface area contributed by atoms with Crippen LogP contribution in [0.5, 0.6) is 0 Å². The van der Waals surface area contributed by atoms with Crippen molar-refractivity contribution in [2.75, 3.05) is 24.7 Å². The smallest absolute Gasteiger partial charge is 0.303 e. The van der Waals surface area contributed by atoms with E-state index in [0.29, 0.717) is 36.5 Å². The number of nitrogens with zero attached hydrogens (tertiary/aromatic N) is 2. The van der Waals surface area contributed by atoms with Crippen molar-refractivity contribution in [2.45, 2.75) is 53.4 Å². The number of aryl methyl sites for hydroxylation is 2. The zero-order valence-electron chi connectivity index (χ0n) is 28.0. The number of carboxylic acids is 1. The van der Waals surface area contributed by atoms with Crippen molar-refractivity contribution in [1.82, 2.24) is 25.3 Å². The number of fused-ring (bicyclic) bond motifs is 8. The van der Waals surface area contributed by atoms with Crippen LogP contribution in [-0.4, -0.2) is 66.7 Å². The molecule has 0 atom stereocenters.